The molecule has 62 valence electrons. The van der Waals surface area contributed by atoms with Gasteiger partial charge in [0.15, 0.2) is 0 Å². The van der Waals surface area contributed by atoms with Gasteiger partial charge in [0.25, 0.3) is 0 Å². The monoisotopic (exact) mass is 161 g/mol. The maximum absolute atomic E-state index is 8.84. The molecule has 12 heavy (non-hydrogen) atoms. The van der Waals surface area contributed by atoms with Crippen LogP contribution >= 0.6 is 0 Å². The van der Waals surface area contributed by atoms with Crippen molar-refractivity contribution in [1.82, 2.24) is 0 Å². The normalized spacial score (nSPS) is 9.42. The average Bonchev–Trinajstić information content (AvgIpc) is 2.16. The van der Waals surface area contributed by atoms with Crippen molar-refractivity contribution in [2.75, 3.05) is 0 Å². The molecule has 0 bridgehead atoms. The number of aryl methyl sites for hydroxylation is 1. The second kappa shape index (κ2) is 3.89. The molecule has 1 aromatic carbocycles. The van der Waals surface area contributed by atoms with Crippen LogP contribution in [0.25, 0.3) is 0 Å². The maximum atomic E-state index is 8.84. The molecular weight excluding hydrogens is 150 g/mol. The topological polar surface area (TPSA) is 44.0 Å². The third-order valence-electron chi connectivity index (χ3n) is 1.85. The third kappa shape index (κ3) is 1.63. The molecule has 0 amide bonds. The smallest absolute Gasteiger partial charge is 0.0994 e. The lowest BCUT2D eigenvalue weighted by atomic mass is 10.0. The van der Waals surface area contributed by atoms with Crippen LogP contribution in [0.2, 0.25) is 0 Å². The van der Waals surface area contributed by atoms with Gasteiger partial charge in [0.05, 0.1) is 18.2 Å². The fraction of sp³-hybridized carbons (Fsp3) is 0.300. The van der Waals surface area contributed by atoms with Crippen molar-refractivity contribution in [1.29, 1.82) is 5.26 Å². The summed E-state index contributed by atoms with van der Waals surface area (Å²) in [7, 11) is 0. The van der Waals surface area contributed by atoms with Crippen molar-refractivity contribution in [2.24, 2.45) is 0 Å². The first-order chi connectivity index (χ1) is 5.81. The van der Waals surface area contributed by atoms with Crippen molar-refractivity contribution in [3.63, 3.8) is 0 Å². The molecule has 2 heteroatoms. The van der Waals surface area contributed by atoms with Crippen LogP contribution in [-0.4, -0.2) is 5.11 Å². The Kier molecular flexibility index (Phi) is 2.84. The van der Waals surface area contributed by atoms with Gasteiger partial charge in [0.2, 0.25) is 0 Å². The standard InChI is InChI=1S/C10H11NO/c1-2-9-5-8(7-12)3-4-10(9)6-11/h3-5,12H,2,7H2,1H3. The van der Waals surface area contributed by atoms with Gasteiger partial charge in [-0.05, 0) is 23.6 Å². The number of benzene rings is 1. The fourth-order valence-corrected chi connectivity index (χ4v) is 1.15. The Bertz CT molecular complexity index is 312. The summed E-state index contributed by atoms with van der Waals surface area (Å²) in [5.41, 5.74) is 2.57. The van der Waals surface area contributed by atoms with Crippen LogP contribution in [0, 0.1) is 11.3 Å². The highest BCUT2D eigenvalue weighted by atomic mass is 16.3. The fourth-order valence-electron chi connectivity index (χ4n) is 1.15. The summed E-state index contributed by atoms with van der Waals surface area (Å²) in [6.45, 7) is 2.04. The number of nitriles is 1. The Morgan fingerprint density at radius 3 is 2.75 bits per heavy atom. The molecule has 0 aliphatic rings. The second-order valence-electron chi connectivity index (χ2n) is 2.61. The van der Waals surface area contributed by atoms with E-state index < -0.39 is 0 Å². The van der Waals surface area contributed by atoms with Gasteiger partial charge in [0.1, 0.15) is 0 Å². The van der Waals surface area contributed by atoms with E-state index in [0.717, 1.165) is 17.5 Å². The van der Waals surface area contributed by atoms with Gasteiger partial charge in [-0.1, -0.05) is 19.1 Å². The molecule has 0 saturated carbocycles. The minimum atomic E-state index is 0.0404. The lowest BCUT2D eigenvalue weighted by Crippen LogP contribution is -1.91. The van der Waals surface area contributed by atoms with Gasteiger partial charge < -0.3 is 5.11 Å². The van der Waals surface area contributed by atoms with Gasteiger partial charge in [-0.3, -0.25) is 0 Å². The van der Waals surface area contributed by atoms with Crippen LogP contribution in [0.5, 0.6) is 0 Å². The predicted molar refractivity (Wildman–Crippen MR) is 46.5 cm³/mol. The van der Waals surface area contributed by atoms with E-state index in [1.807, 2.05) is 13.0 Å². The molecule has 1 rings (SSSR count). The van der Waals surface area contributed by atoms with Crippen molar-refractivity contribution in [3.8, 4) is 6.07 Å². The van der Waals surface area contributed by atoms with Crippen LogP contribution in [0.4, 0.5) is 0 Å². The van der Waals surface area contributed by atoms with E-state index in [1.165, 1.54) is 0 Å². The number of nitrogens with zero attached hydrogens (tertiary/aromatic N) is 1. The molecule has 0 aromatic heterocycles. The van der Waals surface area contributed by atoms with E-state index in [0.29, 0.717) is 5.56 Å². The van der Waals surface area contributed by atoms with E-state index in [4.69, 9.17) is 10.4 Å². The van der Waals surface area contributed by atoms with Crippen LogP contribution in [0.3, 0.4) is 0 Å². The number of hydrogen-bond acceptors (Lipinski definition) is 2. The zero-order valence-corrected chi connectivity index (χ0v) is 7.04. The molecule has 1 N–H and O–H groups in total. The number of aliphatic hydroxyl groups is 1. The third-order valence-corrected chi connectivity index (χ3v) is 1.85. The summed E-state index contributed by atoms with van der Waals surface area (Å²) in [5, 5.41) is 17.5. The van der Waals surface area contributed by atoms with E-state index in [-0.39, 0.29) is 6.61 Å². The predicted octanol–water partition coefficient (Wildman–Crippen LogP) is 1.61. The summed E-state index contributed by atoms with van der Waals surface area (Å²) in [6.07, 6.45) is 0.830. The number of rotatable bonds is 2. The highest BCUT2D eigenvalue weighted by Gasteiger charge is 2.00. The number of hydrogen-bond donors (Lipinski definition) is 1. The van der Waals surface area contributed by atoms with E-state index in [2.05, 4.69) is 6.07 Å². The van der Waals surface area contributed by atoms with Crippen LogP contribution in [0.1, 0.15) is 23.6 Å². The summed E-state index contributed by atoms with van der Waals surface area (Å²) < 4.78 is 0. The largest absolute Gasteiger partial charge is 0.392 e. The van der Waals surface area contributed by atoms with Crippen LogP contribution in [-0.2, 0) is 13.0 Å². The second-order valence-corrected chi connectivity index (χ2v) is 2.61. The Labute approximate surface area is 72.1 Å². The molecule has 0 fully saturated rings. The molecule has 2 nitrogen and oxygen atoms in total. The molecule has 1 aromatic rings. The van der Waals surface area contributed by atoms with Crippen molar-refractivity contribution in [3.05, 3.63) is 34.9 Å². The number of aliphatic hydroxyl groups excluding tert-OH is 1. The first-order valence-electron chi connectivity index (χ1n) is 3.94. The minimum Gasteiger partial charge on any atom is -0.392 e. The van der Waals surface area contributed by atoms with Gasteiger partial charge in [0, 0.05) is 0 Å². The van der Waals surface area contributed by atoms with Gasteiger partial charge in [-0.25, -0.2) is 0 Å². The molecule has 0 radical (unpaired) electrons. The quantitative estimate of drug-likeness (QED) is 0.716. The first-order valence-corrected chi connectivity index (χ1v) is 3.94. The summed E-state index contributed by atoms with van der Waals surface area (Å²) in [5.74, 6) is 0. The Morgan fingerprint density at radius 1 is 1.50 bits per heavy atom. The van der Waals surface area contributed by atoms with Gasteiger partial charge >= 0.3 is 0 Å². The van der Waals surface area contributed by atoms with E-state index in [1.54, 1.807) is 12.1 Å². The lowest BCUT2D eigenvalue weighted by molar-refractivity contribution is 0.281. The zero-order valence-electron chi connectivity index (χ0n) is 7.04. The Morgan fingerprint density at radius 2 is 2.25 bits per heavy atom. The van der Waals surface area contributed by atoms with Crippen LogP contribution < -0.4 is 0 Å². The molecule has 0 atom stereocenters. The Balaban J connectivity index is 3.13. The summed E-state index contributed by atoms with van der Waals surface area (Å²) >= 11 is 0. The molecule has 0 aliphatic heterocycles. The van der Waals surface area contributed by atoms with Crippen LogP contribution in [0.15, 0.2) is 18.2 Å². The molecular formula is C10H11NO. The van der Waals surface area contributed by atoms with E-state index >= 15 is 0 Å². The van der Waals surface area contributed by atoms with Gasteiger partial charge in [-0.2, -0.15) is 5.26 Å². The van der Waals surface area contributed by atoms with Crippen molar-refractivity contribution < 1.29 is 5.11 Å². The maximum Gasteiger partial charge on any atom is 0.0994 e. The molecule has 0 heterocycles. The lowest BCUT2D eigenvalue weighted by Gasteiger charge is -2.02. The first kappa shape index (κ1) is 8.76. The van der Waals surface area contributed by atoms with Gasteiger partial charge in [-0.15, -0.1) is 0 Å². The van der Waals surface area contributed by atoms with Crippen molar-refractivity contribution in [2.45, 2.75) is 20.0 Å². The SMILES string of the molecule is CCc1cc(CO)ccc1C#N. The summed E-state index contributed by atoms with van der Waals surface area (Å²) in [4.78, 5) is 0. The Hall–Kier alpha value is -1.33. The zero-order chi connectivity index (χ0) is 8.97. The highest BCUT2D eigenvalue weighted by molar-refractivity contribution is 5.40. The van der Waals surface area contributed by atoms with E-state index in [9.17, 15) is 0 Å². The van der Waals surface area contributed by atoms with Crippen molar-refractivity contribution >= 4 is 0 Å². The molecule has 0 unspecified atom stereocenters. The molecule has 0 saturated heterocycles. The molecule has 0 aliphatic carbocycles. The highest BCUT2D eigenvalue weighted by Crippen LogP contribution is 2.11. The summed E-state index contributed by atoms with van der Waals surface area (Å²) in [6, 6.07) is 7.52. The molecule has 0 spiro atoms. The average molecular weight is 161 g/mol. The minimum absolute atomic E-state index is 0.0404.